The molecular weight excluding hydrogens is 897 g/mol. The number of nitrogens with one attached hydrogen (secondary N) is 6. The average molecular weight is 969 g/mol. The molecular formula is C39H72N10O6S6. The molecule has 0 aliphatic rings. The quantitative estimate of drug-likeness (QED) is 0.0659. The lowest BCUT2D eigenvalue weighted by atomic mass is 10.0. The van der Waals surface area contributed by atoms with E-state index in [0.29, 0.717) is 32.6 Å². The van der Waals surface area contributed by atoms with E-state index in [0.717, 1.165) is 39.3 Å². The summed E-state index contributed by atoms with van der Waals surface area (Å²) in [5.41, 5.74) is -3.63. The highest BCUT2D eigenvalue weighted by molar-refractivity contribution is 8.24. The van der Waals surface area contributed by atoms with Gasteiger partial charge in [0, 0.05) is 78.5 Å². The van der Waals surface area contributed by atoms with Gasteiger partial charge in [0.1, 0.15) is 29.6 Å². The molecule has 0 heterocycles. The molecule has 0 fully saturated rings. The number of thiocarbonyl (C=S) groups is 3. The van der Waals surface area contributed by atoms with Crippen LogP contribution in [0.15, 0.2) is 0 Å². The molecule has 350 valence electrons. The van der Waals surface area contributed by atoms with Crippen LogP contribution in [0.25, 0.3) is 0 Å². The van der Waals surface area contributed by atoms with Gasteiger partial charge in [-0.15, -0.1) is 0 Å². The third-order valence-electron chi connectivity index (χ3n) is 9.24. The Hall–Kier alpha value is -2.50. The van der Waals surface area contributed by atoms with Crippen molar-refractivity contribution in [1.29, 1.82) is 0 Å². The van der Waals surface area contributed by atoms with Gasteiger partial charge in [-0.05, 0) is 83.1 Å². The number of nitrogens with zero attached hydrogens (tertiary/aromatic N) is 4. The number of hydrogen-bond acceptors (Lipinski definition) is 13. The van der Waals surface area contributed by atoms with Crippen LogP contribution < -0.4 is 31.9 Å². The number of carbonyl (C=O) groups is 6. The minimum atomic E-state index is -1.21. The Labute approximate surface area is 393 Å². The smallest absolute Gasteiger partial charge is 0.245 e. The van der Waals surface area contributed by atoms with Crippen molar-refractivity contribution in [3.05, 3.63) is 0 Å². The molecule has 0 bridgehead atoms. The summed E-state index contributed by atoms with van der Waals surface area (Å²) in [6.45, 7) is 27.7. The van der Waals surface area contributed by atoms with E-state index in [1.807, 2.05) is 61.1 Å². The molecule has 0 aromatic rings. The van der Waals surface area contributed by atoms with E-state index in [9.17, 15) is 28.8 Å². The number of rotatable bonds is 27. The van der Waals surface area contributed by atoms with E-state index >= 15 is 0 Å². The van der Waals surface area contributed by atoms with Gasteiger partial charge in [-0.25, -0.2) is 0 Å². The van der Waals surface area contributed by atoms with Gasteiger partial charge in [-0.2, -0.15) is 0 Å². The fourth-order valence-corrected chi connectivity index (χ4v) is 9.01. The highest BCUT2D eigenvalue weighted by atomic mass is 32.2. The predicted molar refractivity (Wildman–Crippen MR) is 266 cm³/mol. The Bertz CT molecular complexity index is 1320. The maximum Gasteiger partial charge on any atom is 0.245 e. The Balaban J connectivity index is 5.54. The summed E-state index contributed by atoms with van der Waals surface area (Å²) in [4.78, 5) is 85.8. The standard InChI is InChI=1S/C39H72N10O6S6/c1-13-47(14-2)34(56)59-25-28(50)43-37(7,8)31(53)40-19-22-46(23-20-41-32(54)38(9,10)44-29(51)26-60-35(57)48(15-3)16-4)24-21-42-33(55)39(11,12)45-30(52)27-61-36(58)49(17-5)18-6/h13-27H2,1-12H3,(H,40,53)(H,41,54)(H,42,55)(H,43,50)(H,44,51)(H,45,52). The van der Waals surface area contributed by atoms with Crippen molar-refractivity contribution in [2.75, 3.05) is 95.8 Å². The molecule has 0 spiro atoms. The van der Waals surface area contributed by atoms with Gasteiger partial charge < -0.3 is 46.6 Å². The van der Waals surface area contributed by atoms with Crippen LogP contribution in [0.3, 0.4) is 0 Å². The first-order valence-corrected chi connectivity index (χ1v) is 24.9. The van der Waals surface area contributed by atoms with Gasteiger partial charge >= 0.3 is 0 Å². The van der Waals surface area contributed by atoms with Crippen molar-refractivity contribution < 1.29 is 28.8 Å². The molecule has 61 heavy (non-hydrogen) atoms. The van der Waals surface area contributed by atoms with Gasteiger partial charge in [-0.1, -0.05) is 71.9 Å². The third kappa shape index (κ3) is 23.1. The third-order valence-corrected chi connectivity index (χ3v) is 13.8. The monoisotopic (exact) mass is 968 g/mol. The molecule has 0 atom stereocenters. The van der Waals surface area contributed by atoms with Crippen LogP contribution >= 0.6 is 71.9 Å². The van der Waals surface area contributed by atoms with Crippen molar-refractivity contribution in [1.82, 2.24) is 51.5 Å². The van der Waals surface area contributed by atoms with Crippen LogP contribution in [0.4, 0.5) is 0 Å². The molecule has 0 aromatic heterocycles. The van der Waals surface area contributed by atoms with Crippen molar-refractivity contribution in [3.8, 4) is 0 Å². The first kappa shape index (κ1) is 58.5. The number of amides is 6. The Morgan fingerprint density at radius 2 is 0.639 bits per heavy atom. The lowest BCUT2D eigenvalue weighted by Gasteiger charge is -2.29. The summed E-state index contributed by atoms with van der Waals surface area (Å²) in [5.74, 6) is -1.91. The van der Waals surface area contributed by atoms with Gasteiger partial charge in [0.2, 0.25) is 35.4 Å². The average Bonchev–Trinajstić information content (AvgIpc) is 3.18. The normalized spacial score (nSPS) is 11.6. The number of carbonyl (C=O) groups excluding carboxylic acids is 6. The highest BCUT2D eigenvalue weighted by Gasteiger charge is 2.32. The molecule has 6 N–H and O–H groups in total. The maximum absolute atomic E-state index is 13.2. The largest absolute Gasteiger partial charge is 0.358 e. The fraction of sp³-hybridized carbons (Fsp3) is 0.769. The van der Waals surface area contributed by atoms with Crippen LogP contribution in [0, 0.1) is 0 Å². The molecule has 0 rings (SSSR count). The van der Waals surface area contributed by atoms with Gasteiger partial charge in [0.25, 0.3) is 0 Å². The van der Waals surface area contributed by atoms with E-state index < -0.39 is 16.6 Å². The first-order valence-electron chi connectivity index (χ1n) is 20.7. The van der Waals surface area contributed by atoms with Gasteiger partial charge in [0.05, 0.1) is 17.3 Å². The van der Waals surface area contributed by atoms with Crippen LogP contribution in [-0.4, -0.2) is 180 Å². The van der Waals surface area contributed by atoms with E-state index in [-0.39, 0.29) is 72.3 Å². The molecule has 0 saturated heterocycles. The zero-order valence-corrected chi connectivity index (χ0v) is 43.2. The van der Waals surface area contributed by atoms with Gasteiger partial charge in [-0.3, -0.25) is 33.7 Å². The second-order valence-corrected chi connectivity index (χ2v) is 20.1. The van der Waals surface area contributed by atoms with Crippen molar-refractivity contribution in [2.45, 2.75) is 99.7 Å². The summed E-state index contributed by atoms with van der Waals surface area (Å²) < 4.78 is 1.85. The zero-order valence-electron chi connectivity index (χ0n) is 38.3. The second-order valence-electron chi connectivity index (χ2n) is 15.3. The summed E-state index contributed by atoms with van der Waals surface area (Å²) in [5, 5.41) is 17.0. The molecule has 0 unspecified atom stereocenters. The van der Waals surface area contributed by atoms with E-state index in [1.165, 1.54) is 35.3 Å². The van der Waals surface area contributed by atoms with Crippen LogP contribution in [-0.2, 0) is 28.8 Å². The van der Waals surface area contributed by atoms with Crippen LogP contribution in [0.2, 0.25) is 0 Å². The maximum atomic E-state index is 13.2. The molecule has 0 aliphatic heterocycles. The Morgan fingerprint density at radius 1 is 0.426 bits per heavy atom. The fourth-order valence-electron chi connectivity index (χ4n) is 5.41. The van der Waals surface area contributed by atoms with Crippen molar-refractivity contribution >= 4 is 120 Å². The summed E-state index contributed by atoms with van der Waals surface area (Å²) in [6, 6.07) is 0. The van der Waals surface area contributed by atoms with E-state index in [4.69, 9.17) is 36.7 Å². The predicted octanol–water partition coefficient (Wildman–Crippen LogP) is 2.40. The van der Waals surface area contributed by atoms with E-state index in [2.05, 4.69) is 31.9 Å². The van der Waals surface area contributed by atoms with Gasteiger partial charge in [0.15, 0.2) is 0 Å². The molecule has 0 radical (unpaired) electrons. The molecule has 16 nitrogen and oxygen atoms in total. The lowest BCUT2D eigenvalue weighted by molar-refractivity contribution is -0.131. The zero-order chi connectivity index (χ0) is 47.0. The van der Waals surface area contributed by atoms with Crippen molar-refractivity contribution in [2.24, 2.45) is 0 Å². The Morgan fingerprint density at radius 3 is 0.836 bits per heavy atom. The number of thioether (sulfide) groups is 3. The van der Waals surface area contributed by atoms with Crippen LogP contribution in [0.1, 0.15) is 83.1 Å². The van der Waals surface area contributed by atoms with Crippen LogP contribution in [0.5, 0.6) is 0 Å². The molecule has 0 saturated carbocycles. The highest BCUT2D eigenvalue weighted by Crippen LogP contribution is 2.13. The first-order chi connectivity index (χ1) is 28.4. The molecule has 22 heteroatoms. The van der Waals surface area contributed by atoms with Crippen molar-refractivity contribution in [3.63, 3.8) is 0 Å². The summed E-state index contributed by atoms with van der Waals surface area (Å²) in [6.07, 6.45) is 0. The minimum absolute atomic E-state index is 0.0750. The second kappa shape index (κ2) is 29.8. The lowest BCUT2D eigenvalue weighted by Crippen LogP contribution is -2.57. The minimum Gasteiger partial charge on any atom is -0.358 e. The molecule has 0 aromatic carbocycles. The molecule has 0 aliphatic carbocycles. The number of hydrogen-bond donors (Lipinski definition) is 6. The summed E-state index contributed by atoms with van der Waals surface area (Å²) in [7, 11) is 0. The molecule has 6 amide bonds. The topological polar surface area (TPSA) is 188 Å². The summed E-state index contributed by atoms with van der Waals surface area (Å²) >= 11 is 20.0. The van der Waals surface area contributed by atoms with E-state index in [1.54, 1.807) is 41.5 Å². The Kier molecular flexibility index (Phi) is 28.6. The SMILES string of the molecule is CCN(CC)C(=S)SCC(=O)NC(C)(C)C(=O)NCCN(CCNC(=O)C(C)(C)NC(=O)CSC(=S)N(CC)CC)CCNC(=O)C(C)(C)NC(=O)CSC(=S)N(CC)CC.